The fourth-order valence-corrected chi connectivity index (χ4v) is 3.18. The van der Waals surface area contributed by atoms with Crippen molar-refractivity contribution in [3.63, 3.8) is 0 Å². The number of anilines is 1. The van der Waals surface area contributed by atoms with Crippen molar-refractivity contribution in [1.29, 1.82) is 0 Å². The largest absolute Gasteiger partial charge is 0.326 e. The molecule has 1 aliphatic heterocycles. The van der Waals surface area contributed by atoms with Crippen LogP contribution in [0.25, 0.3) is 11.0 Å². The molecule has 0 radical (unpaired) electrons. The van der Waals surface area contributed by atoms with Gasteiger partial charge in [-0.3, -0.25) is 14.4 Å². The van der Waals surface area contributed by atoms with Crippen molar-refractivity contribution in [2.45, 2.75) is 13.3 Å². The predicted octanol–water partition coefficient (Wildman–Crippen LogP) is 2.08. The molecule has 2 aromatic carbocycles. The van der Waals surface area contributed by atoms with Crippen LogP contribution in [0.4, 0.5) is 5.69 Å². The minimum Gasteiger partial charge on any atom is -0.326 e. The minimum absolute atomic E-state index is 0.222. The highest BCUT2D eigenvalue weighted by Crippen LogP contribution is 2.21. The molecule has 9 heteroatoms. The highest BCUT2D eigenvalue weighted by Gasteiger charge is 2.32. The third-order valence-corrected chi connectivity index (χ3v) is 4.43. The molecule has 9 nitrogen and oxygen atoms in total. The summed E-state index contributed by atoms with van der Waals surface area (Å²) < 4.78 is 4.66. The van der Waals surface area contributed by atoms with E-state index in [1.54, 1.807) is 42.5 Å². The molecule has 3 amide bonds. The first-order valence-corrected chi connectivity index (χ1v) is 8.76. The molecular formula is C19H17N5O4. The molecule has 3 aromatic rings. The van der Waals surface area contributed by atoms with Crippen LogP contribution < -0.4 is 5.32 Å². The van der Waals surface area contributed by atoms with Crippen LogP contribution in [0.2, 0.25) is 0 Å². The number of carbonyl (C=O) groups is 3. The normalized spacial score (nSPS) is 13.8. The Labute approximate surface area is 159 Å². The summed E-state index contributed by atoms with van der Waals surface area (Å²) in [7, 11) is 0. The van der Waals surface area contributed by atoms with Gasteiger partial charge in [0.2, 0.25) is 5.91 Å². The van der Waals surface area contributed by atoms with E-state index in [9.17, 15) is 14.4 Å². The molecule has 4 rings (SSSR count). The molecule has 1 aliphatic rings. The number of benzene rings is 2. The van der Waals surface area contributed by atoms with Crippen molar-refractivity contribution in [2.75, 3.05) is 18.4 Å². The van der Waals surface area contributed by atoms with Crippen LogP contribution in [-0.4, -0.2) is 51.1 Å². The maximum absolute atomic E-state index is 13.0. The van der Waals surface area contributed by atoms with E-state index in [2.05, 4.69) is 20.3 Å². The first kappa shape index (κ1) is 17.7. The molecule has 1 aromatic heterocycles. The highest BCUT2D eigenvalue weighted by molar-refractivity contribution is 6.01. The fraction of sp³-hybridized carbons (Fsp3) is 0.211. The molecule has 0 bridgehead atoms. The number of nitrogens with one attached hydrogen (secondary N) is 1. The number of aromatic nitrogens is 2. The van der Waals surface area contributed by atoms with Crippen LogP contribution in [0.1, 0.15) is 34.1 Å². The van der Waals surface area contributed by atoms with Crippen molar-refractivity contribution in [1.82, 2.24) is 20.3 Å². The molecule has 0 spiro atoms. The first-order chi connectivity index (χ1) is 13.5. The summed E-state index contributed by atoms with van der Waals surface area (Å²) in [5.74, 6) is -0.823. The quantitative estimate of drug-likeness (QED) is 0.746. The number of fused-ring (bicyclic) bond motifs is 1. The highest BCUT2D eigenvalue weighted by atomic mass is 16.6. The molecule has 2 heterocycles. The number of hydrogen-bond acceptors (Lipinski definition) is 6. The molecular weight excluding hydrogens is 362 g/mol. The van der Waals surface area contributed by atoms with E-state index >= 15 is 0 Å². The Balaban J connectivity index is 1.58. The number of rotatable bonds is 3. The Bertz CT molecular complexity index is 1080. The van der Waals surface area contributed by atoms with Gasteiger partial charge in [0, 0.05) is 36.8 Å². The Kier molecular flexibility index (Phi) is 4.48. The lowest BCUT2D eigenvalue weighted by molar-refractivity contribution is -0.114. The first-order valence-electron chi connectivity index (χ1n) is 8.76. The number of hydrazine groups is 1. The van der Waals surface area contributed by atoms with Crippen molar-refractivity contribution < 1.29 is 19.0 Å². The number of hydrogen-bond donors (Lipinski definition) is 1. The average molecular weight is 379 g/mol. The van der Waals surface area contributed by atoms with Gasteiger partial charge in [-0.25, -0.2) is 14.6 Å². The molecule has 28 heavy (non-hydrogen) atoms. The molecule has 0 unspecified atom stereocenters. The average Bonchev–Trinajstić information content (AvgIpc) is 3.35. The van der Waals surface area contributed by atoms with Crippen molar-refractivity contribution in [2.24, 2.45) is 0 Å². The van der Waals surface area contributed by atoms with Crippen molar-refractivity contribution in [3.05, 3.63) is 53.6 Å². The van der Waals surface area contributed by atoms with E-state index in [1.165, 1.54) is 16.9 Å². The molecule has 0 atom stereocenters. The monoisotopic (exact) mass is 379 g/mol. The summed E-state index contributed by atoms with van der Waals surface area (Å²) in [6.45, 7) is 2.27. The van der Waals surface area contributed by atoms with Crippen molar-refractivity contribution >= 4 is 34.4 Å². The fourth-order valence-electron chi connectivity index (χ4n) is 3.18. The second-order valence-corrected chi connectivity index (χ2v) is 6.44. The Morgan fingerprint density at radius 1 is 0.929 bits per heavy atom. The number of nitrogens with zero attached hydrogens (tertiary/aromatic N) is 4. The topological polar surface area (TPSA) is 109 Å². The lowest BCUT2D eigenvalue weighted by Gasteiger charge is -2.28. The van der Waals surface area contributed by atoms with Gasteiger partial charge < -0.3 is 5.32 Å². The number of carbonyl (C=O) groups excluding carboxylic acids is 3. The van der Waals surface area contributed by atoms with Gasteiger partial charge in [0.1, 0.15) is 11.0 Å². The zero-order valence-electron chi connectivity index (χ0n) is 15.1. The molecule has 1 saturated heterocycles. The number of amides is 3. The van der Waals surface area contributed by atoms with Gasteiger partial charge in [0.25, 0.3) is 11.8 Å². The lowest BCUT2D eigenvalue weighted by Crippen LogP contribution is -2.44. The third kappa shape index (κ3) is 3.29. The van der Waals surface area contributed by atoms with Gasteiger partial charge in [0.05, 0.1) is 0 Å². The second-order valence-electron chi connectivity index (χ2n) is 6.44. The molecule has 1 N–H and O–H groups in total. The molecule has 0 aliphatic carbocycles. The minimum atomic E-state index is -0.303. The van der Waals surface area contributed by atoms with Crippen LogP contribution in [0.3, 0.4) is 0 Å². The van der Waals surface area contributed by atoms with Gasteiger partial charge in [0.15, 0.2) is 0 Å². The SMILES string of the molecule is CC(=O)Nc1cccc(C(=O)N2CCCN2C(=O)c2ccc3nonc3c2)c1. The smallest absolute Gasteiger partial charge is 0.272 e. The van der Waals surface area contributed by atoms with Crippen LogP contribution in [0.15, 0.2) is 47.1 Å². The Morgan fingerprint density at radius 3 is 2.32 bits per heavy atom. The summed E-state index contributed by atoms with van der Waals surface area (Å²) in [5.41, 5.74) is 2.35. The van der Waals surface area contributed by atoms with Crippen LogP contribution in [0, 0.1) is 0 Å². The van der Waals surface area contributed by atoms with Crippen LogP contribution in [-0.2, 0) is 4.79 Å². The molecule has 1 fully saturated rings. The van der Waals surface area contributed by atoms with Crippen LogP contribution in [0.5, 0.6) is 0 Å². The summed E-state index contributed by atoms with van der Waals surface area (Å²) in [6.07, 6.45) is 0.677. The van der Waals surface area contributed by atoms with E-state index in [4.69, 9.17) is 0 Å². The van der Waals surface area contributed by atoms with Gasteiger partial charge in [-0.05, 0) is 53.1 Å². The predicted molar refractivity (Wildman–Crippen MR) is 99.2 cm³/mol. The summed E-state index contributed by atoms with van der Waals surface area (Å²) in [5, 5.41) is 13.0. The zero-order valence-corrected chi connectivity index (χ0v) is 15.1. The Morgan fingerprint density at radius 2 is 1.61 bits per heavy atom. The van der Waals surface area contributed by atoms with Gasteiger partial charge in [-0.2, -0.15) is 0 Å². The van der Waals surface area contributed by atoms with Crippen LogP contribution >= 0.6 is 0 Å². The summed E-state index contributed by atoms with van der Waals surface area (Å²) in [4.78, 5) is 37.2. The molecule has 0 saturated carbocycles. The zero-order chi connectivity index (χ0) is 19.7. The van der Waals surface area contributed by atoms with E-state index < -0.39 is 0 Å². The summed E-state index contributed by atoms with van der Waals surface area (Å²) >= 11 is 0. The molecule has 142 valence electrons. The lowest BCUT2D eigenvalue weighted by atomic mass is 10.1. The van der Waals surface area contributed by atoms with Gasteiger partial charge >= 0.3 is 0 Å². The van der Waals surface area contributed by atoms with Gasteiger partial charge in [-0.1, -0.05) is 6.07 Å². The maximum atomic E-state index is 13.0. The van der Waals surface area contributed by atoms with E-state index in [1.807, 2.05) is 0 Å². The summed E-state index contributed by atoms with van der Waals surface area (Å²) in [6, 6.07) is 11.5. The standard InChI is InChI=1S/C19H17N5O4/c1-12(25)20-15-5-2-4-13(10-15)18(26)23-8-3-9-24(23)19(27)14-6-7-16-17(11-14)22-28-21-16/h2,4-7,10-11H,3,8-9H2,1H3,(H,20,25). The van der Waals surface area contributed by atoms with E-state index in [-0.39, 0.29) is 17.7 Å². The third-order valence-electron chi connectivity index (χ3n) is 4.43. The second kappa shape index (κ2) is 7.10. The van der Waals surface area contributed by atoms with E-state index in [0.717, 1.165) is 0 Å². The van der Waals surface area contributed by atoms with Crippen molar-refractivity contribution in [3.8, 4) is 0 Å². The van der Waals surface area contributed by atoms with Gasteiger partial charge in [-0.15, -0.1) is 0 Å². The Hall–Kier alpha value is -3.75. The maximum Gasteiger partial charge on any atom is 0.272 e. The van der Waals surface area contributed by atoms with E-state index in [0.29, 0.717) is 47.4 Å².